The van der Waals surface area contributed by atoms with E-state index in [1.807, 2.05) is 30.9 Å². The fourth-order valence-corrected chi connectivity index (χ4v) is 4.76. The Hall–Kier alpha value is -3.16. The lowest BCUT2D eigenvalue weighted by atomic mass is 9.83. The molecule has 2 aliphatic heterocycles. The fraction of sp³-hybridized carbons (Fsp3) is 0.478. The third-order valence-electron chi connectivity index (χ3n) is 6.64. The molecule has 2 aliphatic rings. The van der Waals surface area contributed by atoms with Gasteiger partial charge in [-0.15, -0.1) is 0 Å². The summed E-state index contributed by atoms with van der Waals surface area (Å²) in [4.78, 5) is 27.9. The fourth-order valence-electron chi connectivity index (χ4n) is 4.76. The number of aromatic amines is 1. The van der Waals surface area contributed by atoms with Crippen LogP contribution in [0.5, 0.6) is 5.75 Å². The van der Waals surface area contributed by atoms with Gasteiger partial charge < -0.3 is 9.64 Å². The van der Waals surface area contributed by atoms with Gasteiger partial charge in [0.05, 0.1) is 18.1 Å². The number of ketones is 1. The SMILES string of the molecule is CCc1cc(C(=O)N2CCC3(CC2)CC(=O)c2nn(CC)cc2O3)cc2c(C)[nH]nc12. The second-order valence-corrected chi connectivity index (χ2v) is 8.61. The molecular formula is C23H27N5O3. The number of nitrogens with one attached hydrogen (secondary N) is 1. The molecule has 2 aromatic heterocycles. The molecule has 4 heterocycles. The van der Waals surface area contributed by atoms with Crippen LogP contribution < -0.4 is 4.74 Å². The van der Waals surface area contributed by atoms with Crippen molar-refractivity contribution in [2.45, 2.75) is 58.6 Å². The Bertz CT molecular complexity index is 1180. The number of aryl methyl sites for hydroxylation is 3. The first-order valence-corrected chi connectivity index (χ1v) is 11.0. The highest BCUT2D eigenvalue weighted by atomic mass is 16.5. The zero-order valence-electron chi connectivity index (χ0n) is 18.2. The number of carbonyl (C=O) groups is 2. The van der Waals surface area contributed by atoms with Gasteiger partial charge in [-0.2, -0.15) is 10.2 Å². The molecule has 8 heteroatoms. The number of carbonyl (C=O) groups excluding carboxylic acids is 2. The minimum absolute atomic E-state index is 0.0219. The van der Waals surface area contributed by atoms with E-state index in [1.165, 1.54) is 0 Å². The number of amides is 1. The van der Waals surface area contributed by atoms with Crippen LogP contribution in [0.15, 0.2) is 18.3 Å². The molecule has 0 saturated carbocycles. The summed E-state index contributed by atoms with van der Waals surface area (Å²) >= 11 is 0. The van der Waals surface area contributed by atoms with Gasteiger partial charge in [-0.1, -0.05) is 6.92 Å². The highest BCUT2D eigenvalue weighted by Gasteiger charge is 2.45. The maximum Gasteiger partial charge on any atom is 0.253 e. The normalized spacial score (nSPS) is 17.8. The van der Waals surface area contributed by atoms with Crippen LogP contribution in [0.1, 0.15) is 65.2 Å². The monoisotopic (exact) mass is 421 g/mol. The molecule has 5 rings (SSSR count). The van der Waals surface area contributed by atoms with Crippen LogP contribution in [0.4, 0.5) is 0 Å². The van der Waals surface area contributed by atoms with Crippen LogP contribution in [0.2, 0.25) is 0 Å². The van der Waals surface area contributed by atoms with E-state index in [0.717, 1.165) is 28.6 Å². The van der Waals surface area contributed by atoms with Crippen molar-refractivity contribution in [3.05, 3.63) is 40.8 Å². The number of fused-ring (bicyclic) bond motifs is 2. The summed E-state index contributed by atoms with van der Waals surface area (Å²) in [5.41, 5.74) is 3.56. The molecule has 0 radical (unpaired) electrons. The maximum atomic E-state index is 13.3. The molecule has 162 valence electrons. The number of ether oxygens (including phenoxy) is 1. The zero-order chi connectivity index (χ0) is 21.8. The van der Waals surface area contributed by atoms with Crippen molar-refractivity contribution in [3.63, 3.8) is 0 Å². The van der Waals surface area contributed by atoms with Gasteiger partial charge in [-0.3, -0.25) is 19.4 Å². The summed E-state index contributed by atoms with van der Waals surface area (Å²) in [6.07, 6.45) is 4.21. The predicted molar refractivity (Wildman–Crippen MR) is 116 cm³/mol. The number of H-pyrrole nitrogens is 1. The van der Waals surface area contributed by atoms with Crippen LogP contribution in [-0.4, -0.2) is 55.3 Å². The minimum atomic E-state index is -0.540. The Balaban J connectivity index is 1.35. The largest absolute Gasteiger partial charge is 0.483 e. The van der Waals surface area contributed by atoms with Gasteiger partial charge >= 0.3 is 0 Å². The smallest absolute Gasteiger partial charge is 0.253 e. The van der Waals surface area contributed by atoms with Crippen molar-refractivity contribution in [1.29, 1.82) is 0 Å². The van der Waals surface area contributed by atoms with Crippen LogP contribution in [0, 0.1) is 6.92 Å². The van der Waals surface area contributed by atoms with Crippen molar-refractivity contribution in [2.24, 2.45) is 0 Å². The first-order valence-electron chi connectivity index (χ1n) is 11.0. The number of piperidine rings is 1. The van der Waals surface area contributed by atoms with E-state index in [9.17, 15) is 9.59 Å². The second-order valence-electron chi connectivity index (χ2n) is 8.61. The zero-order valence-corrected chi connectivity index (χ0v) is 18.2. The molecule has 0 unspecified atom stereocenters. The van der Waals surface area contributed by atoms with E-state index in [2.05, 4.69) is 22.2 Å². The molecule has 1 saturated heterocycles. The number of rotatable bonds is 3. The number of Topliss-reactive ketones (excluding diaryl/α,β-unsaturated/α-hetero) is 1. The Morgan fingerprint density at radius 1 is 1.26 bits per heavy atom. The molecule has 1 spiro atoms. The molecule has 0 atom stereocenters. The molecule has 3 aromatic rings. The number of benzene rings is 1. The molecule has 31 heavy (non-hydrogen) atoms. The topological polar surface area (TPSA) is 93.1 Å². The van der Waals surface area contributed by atoms with Crippen molar-refractivity contribution in [1.82, 2.24) is 24.9 Å². The second kappa shape index (κ2) is 7.21. The van der Waals surface area contributed by atoms with E-state index in [1.54, 1.807) is 10.9 Å². The average molecular weight is 422 g/mol. The van der Waals surface area contributed by atoms with E-state index in [0.29, 0.717) is 55.9 Å². The maximum absolute atomic E-state index is 13.3. The van der Waals surface area contributed by atoms with Gasteiger partial charge in [0.25, 0.3) is 5.91 Å². The lowest BCUT2D eigenvalue weighted by Gasteiger charge is -2.43. The number of nitrogens with zero attached hydrogens (tertiary/aromatic N) is 4. The van der Waals surface area contributed by atoms with Crippen molar-refractivity contribution < 1.29 is 14.3 Å². The van der Waals surface area contributed by atoms with Crippen molar-refractivity contribution in [2.75, 3.05) is 13.1 Å². The number of aromatic nitrogens is 4. The van der Waals surface area contributed by atoms with Crippen molar-refractivity contribution >= 4 is 22.6 Å². The third-order valence-corrected chi connectivity index (χ3v) is 6.64. The summed E-state index contributed by atoms with van der Waals surface area (Å²) in [5.74, 6) is 0.627. The molecule has 1 amide bonds. The van der Waals surface area contributed by atoms with Crippen LogP contribution in [-0.2, 0) is 13.0 Å². The Morgan fingerprint density at radius 2 is 2.03 bits per heavy atom. The molecule has 0 bridgehead atoms. The quantitative estimate of drug-likeness (QED) is 0.700. The Morgan fingerprint density at radius 3 is 2.74 bits per heavy atom. The molecule has 1 fully saturated rings. The summed E-state index contributed by atoms with van der Waals surface area (Å²) < 4.78 is 8.03. The molecule has 1 N–H and O–H groups in total. The summed E-state index contributed by atoms with van der Waals surface area (Å²) in [5, 5.41) is 12.7. The van der Waals surface area contributed by atoms with Gasteiger partial charge in [0.15, 0.2) is 17.2 Å². The van der Waals surface area contributed by atoms with Gasteiger partial charge in [-0.05, 0) is 38.0 Å². The van der Waals surface area contributed by atoms with Gasteiger partial charge in [0.1, 0.15) is 5.60 Å². The standard InChI is InChI=1S/C23H27N5O3/c1-4-15-10-16(11-17-14(3)24-25-20(15)17)22(30)27-8-6-23(7-9-27)12-18(29)21-19(31-23)13-28(5-2)26-21/h10-11,13H,4-9,12H2,1-3H3,(H,24,25). The van der Waals surface area contributed by atoms with Gasteiger partial charge in [0.2, 0.25) is 0 Å². The molecular weight excluding hydrogens is 394 g/mol. The predicted octanol–water partition coefficient (Wildman–Crippen LogP) is 3.29. The highest BCUT2D eigenvalue weighted by molar-refractivity contribution is 6.00. The lowest BCUT2D eigenvalue weighted by molar-refractivity contribution is -0.00583. The molecule has 0 aliphatic carbocycles. The number of hydrogen-bond donors (Lipinski definition) is 1. The van der Waals surface area contributed by atoms with Crippen molar-refractivity contribution in [3.8, 4) is 5.75 Å². The lowest BCUT2D eigenvalue weighted by Crippen LogP contribution is -2.52. The first kappa shape index (κ1) is 19.8. The first-order chi connectivity index (χ1) is 14.9. The summed E-state index contributed by atoms with van der Waals surface area (Å²) in [6.45, 7) is 7.85. The van der Waals surface area contributed by atoms with E-state index in [-0.39, 0.29) is 11.7 Å². The van der Waals surface area contributed by atoms with Crippen LogP contribution in [0.25, 0.3) is 10.9 Å². The summed E-state index contributed by atoms with van der Waals surface area (Å²) in [6, 6.07) is 3.90. The van der Waals surface area contributed by atoms with E-state index < -0.39 is 5.60 Å². The van der Waals surface area contributed by atoms with Gasteiger partial charge in [-0.25, -0.2) is 0 Å². The Labute approximate surface area is 180 Å². The van der Waals surface area contributed by atoms with Crippen LogP contribution >= 0.6 is 0 Å². The Kier molecular flexibility index (Phi) is 4.60. The van der Waals surface area contributed by atoms with Gasteiger partial charge in [0, 0.05) is 49.1 Å². The molecule has 8 nitrogen and oxygen atoms in total. The minimum Gasteiger partial charge on any atom is -0.483 e. The third kappa shape index (κ3) is 3.21. The summed E-state index contributed by atoms with van der Waals surface area (Å²) in [7, 11) is 0. The van der Waals surface area contributed by atoms with Crippen LogP contribution in [0.3, 0.4) is 0 Å². The highest BCUT2D eigenvalue weighted by Crippen LogP contribution is 2.39. The number of hydrogen-bond acceptors (Lipinski definition) is 5. The van der Waals surface area contributed by atoms with E-state index in [4.69, 9.17) is 4.74 Å². The molecule has 1 aromatic carbocycles. The average Bonchev–Trinajstić information content (AvgIpc) is 3.37. The van der Waals surface area contributed by atoms with E-state index >= 15 is 0 Å². The number of likely N-dealkylation sites (tertiary alicyclic amines) is 1.